The van der Waals surface area contributed by atoms with Crippen LogP contribution in [0, 0.1) is 0 Å². The highest BCUT2D eigenvalue weighted by atomic mass is 15.5. The molecule has 0 fully saturated rings. The predicted octanol–water partition coefficient (Wildman–Crippen LogP) is 1.63. The molecular weight excluding hydrogens is 354 g/mol. The van der Waals surface area contributed by atoms with Crippen molar-refractivity contribution in [2.24, 2.45) is 21.1 Å². The van der Waals surface area contributed by atoms with Gasteiger partial charge < -0.3 is 9.13 Å². The lowest BCUT2D eigenvalue weighted by Crippen LogP contribution is -2.30. The molecule has 0 aromatic carbocycles. The van der Waals surface area contributed by atoms with E-state index in [1.807, 2.05) is 23.3 Å². The smallest absolute Gasteiger partial charge is 0.170 e. The Morgan fingerprint density at radius 3 is 2.39 bits per heavy atom. The maximum absolute atomic E-state index is 4.59. The zero-order valence-corrected chi connectivity index (χ0v) is 18.0. The third kappa shape index (κ3) is 4.13. The molecule has 0 N–H and O–H groups in total. The molecule has 0 amide bonds. The van der Waals surface area contributed by atoms with E-state index >= 15 is 0 Å². The normalized spacial score (nSPS) is 14.0. The van der Waals surface area contributed by atoms with Crippen LogP contribution in [0.15, 0.2) is 12.5 Å². The van der Waals surface area contributed by atoms with Crippen molar-refractivity contribution in [3.63, 3.8) is 0 Å². The summed E-state index contributed by atoms with van der Waals surface area (Å²) in [4.78, 5) is 0. The fraction of sp³-hybridized carbons (Fsp3) is 0.684. The van der Waals surface area contributed by atoms with Crippen LogP contribution in [-0.4, -0.2) is 39.4 Å². The van der Waals surface area contributed by atoms with E-state index in [-0.39, 0.29) is 5.92 Å². The number of rotatable bonds is 8. The zero-order valence-electron chi connectivity index (χ0n) is 18.0. The van der Waals surface area contributed by atoms with Crippen molar-refractivity contribution in [2.45, 2.75) is 64.8 Å². The molecule has 152 valence electrons. The van der Waals surface area contributed by atoms with Gasteiger partial charge in [0, 0.05) is 32.4 Å². The van der Waals surface area contributed by atoms with Gasteiger partial charge >= 0.3 is 0 Å². The van der Waals surface area contributed by atoms with Crippen LogP contribution in [0.2, 0.25) is 0 Å². The van der Waals surface area contributed by atoms with Gasteiger partial charge in [0.1, 0.15) is 37.4 Å². The van der Waals surface area contributed by atoms with Gasteiger partial charge in [-0.25, -0.2) is 0 Å². The molecular formula is C19H32N9+. The first-order valence-corrected chi connectivity index (χ1v) is 9.93. The van der Waals surface area contributed by atoms with Crippen molar-refractivity contribution in [3.8, 4) is 0 Å². The molecule has 28 heavy (non-hydrogen) atoms. The second-order valence-electron chi connectivity index (χ2n) is 8.13. The average Bonchev–Trinajstić information content (AvgIpc) is 3.32. The SMILES string of the molecule is CC(C)c1c[n+](C)nn1CC(C)c1nnc(CCC(C)c2nncn2C)n1C. The molecule has 3 aromatic heterocycles. The molecule has 0 aliphatic rings. The predicted molar refractivity (Wildman–Crippen MR) is 105 cm³/mol. The van der Waals surface area contributed by atoms with Gasteiger partial charge in [-0.05, 0) is 6.42 Å². The molecule has 0 aliphatic carbocycles. The fourth-order valence-corrected chi connectivity index (χ4v) is 3.67. The molecule has 2 atom stereocenters. The molecule has 3 aromatic rings. The molecule has 0 radical (unpaired) electrons. The van der Waals surface area contributed by atoms with Gasteiger partial charge in [-0.2, -0.15) is 0 Å². The number of hydrogen-bond acceptors (Lipinski definition) is 5. The van der Waals surface area contributed by atoms with Gasteiger partial charge in [-0.15, -0.1) is 29.8 Å². The monoisotopic (exact) mass is 386 g/mol. The van der Waals surface area contributed by atoms with Crippen LogP contribution in [-0.2, 0) is 34.1 Å². The van der Waals surface area contributed by atoms with Crippen LogP contribution in [0.4, 0.5) is 0 Å². The highest BCUT2D eigenvalue weighted by Crippen LogP contribution is 2.21. The van der Waals surface area contributed by atoms with Crippen LogP contribution in [0.5, 0.6) is 0 Å². The highest BCUT2D eigenvalue weighted by molar-refractivity contribution is 5.04. The maximum atomic E-state index is 4.59. The Morgan fingerprint density at radius 1 is 1.00 bits per heavy atom. The third-order valence-electron chi connectivity index (χ3n) is 5.33. The summed E-state index contributed by atoms with van der Waals surface area (Å²) in [6, 6.07) is 0. The summed E-state index contributed by atoms with van der Waals surface area (Å²) < 4.78 is 8.07. The first-order chi connectivity index (χ1) is 13.3. The van der Waals surface area contributed by atoms with Crippen molar-refractivity contribution in [3.05, 3.63) is 35.7 Å². The Kier molecular flexibility index (Phi) is 5.90. The Balaban J connectivity index is 1.68. The summed E-state index contributed by atoms with van der Waals surface area (Å²) in [5.41, 5.74) is 1.23. The summed E-state index contributed by atoms with van der Waals surface area (Å²) >= 11 is 0. The topological polar surface area (TPSA) is 83.1 Å². The van der Waals surface area contributed by atoms with Crippen LogP contribution in [0.3, 0.4) is 0 Å². The number of hydrogen-bond donors (Lipinski definition) is 0. The molecule has 9 nitrogen and oxygen atoms in total. The lowest BCUT2D eigenvalue weighted by Gasteiger charge is -2.12. The first-order valence-electron chi connectivity index (χ1n) is 9.93. The maximum Gasteiger partial charge on any atom is 0.170 e. The Labute approximate surface area is 166 Å². The minimum atomic E-state index is 0.222. The second-order valence-corrected chi connectivity index (χ2v) is 8.13. The average molecular weight is 387 g/mol. The van der Waals surface area contributed by atoms with E-state index in [9.17, 15) is 0 Å². The minimum Gasteiger partial charge on any atom is -0.321 e. The van der Waals surface area contributed by atoms with E-state index in [4.69, 9.17) is 0 Å². The molecule has 9 heteroatoms. The van der Waals surface area contributed by atoms with Crippen LogP contribution in [0.1, 0.15) is 75.0 Å². The molecule has 2 unspecified atom stereocenters. The third-order valence-corrected chi connectivity index (χ3v) is 5.33. The summed E-state index contributed by atoms with van der Waals surface area (Å²) in [5, 5.41) is 21.7. The molecule has 0 aliphatic heterocycles. The largest absolute Gasteiger partial charge is 0.321 e. The van der Waals surface area contributed by atoms with Crippen molar-refractivity contribution < 1.29 is 4.68 Å². The Bertz CT molecular complexity index is 918. The standard InChI is InChI=1S/C19H32N9/c1-13(2)16-11-26(6)24-28(16)10-15(4)19-23-21-17(27(19)7)9-8-14(3)18-22-20-12-25(18)5/h11-15H,8-10H2,1-7H3/q+1. The van der Waals surface area contributed by atoms with E-state index in [0.29, 0.717) is 11.8 Å². The molecule has 0 saturated carbocycles. The number of aryl methyl sites for hydroxylation is 3. The van der Waals surface area contributed by atoms with Crippen LogP contribution < -0.4 is 4.68 Å². The van der Waals surface area contributed by atoms with Crippen LogP contribution >= 0.6 is 0 Å². The fourth-order valence-electron chi connectivity index (χ4n) is 3.67. The summed E-state index contributed by atoms with van der Waals surface area (Å²) in [5.74, 6) is 3.98. The van der Waals surface area contributed by atoms with Gasteiger partial charge in [0.15, 0.2) is 11.9 Å². The number of nitrogens with zero attached hydrogens (tertiary/aromatic N) is 9. The van der Waals surface area contributed by atoms with Gasteiger partial charge in [-0.1, -0.05) is 27.7 Å². The number of aromatic nitrogens is 9. The highest BCUT2D eigenvalue weighted by Gasteiger charge is 2.23. The summed E-state index contributed by atoms with van der Waals surface area (Å²) in [7, 11) is 6.00. The quantitative estimate of drug-likeness (QED) is 0.550. The molecule has 3 heterocycles. The molecule has 0 spiro atoms. The van der Waals surface area contributed by atoms with Crippen molar-refractivity contribution in [1.29, 1.82) is 0 Å². The van der Waals surface area contributed by atoms with E-state index in [0.717, 1.165) is 36.9 Å². The van der Waals surface area contributed by atoms with Gasteiger partial charge in [0.05, 0.1) is 11.1 Å². The second kappa shape index (κ2) is 8.20. The van der Waals surface area contributed by atoms with E-state index < -0.39 is 0 Å². The first kappa shape index (κ1) is 20.2. The van der Waals surface area contributed by atoms with E-state index in [1.54, 1.807) is 6.33 Å². The van der Waals surface area contributed by atoms with Gasteiger partial charge in [-0.3, -0.25) is 0 Å². The van der Waals surface area contributed by atoms with Crippen molar-refractivity contribution >= 4 is 0 Å². The van der Waals surface area contributed by atoms with E-state index in [1.165, 1.54) is 5.69 Å². The van der Waals surface area contributed by atoms with E-state index in [2.05, 4.69) is 75.8 Å². The Hall–Kier alpha value is -2.58. The zero-order chi connectivity index (χ0) is 20.4. The van der Waals surface area contributed by atoms with Crippen molar-refractivity contribution in [1.82, 2.24) is 39.4 Å². The van der Waals surface area contributed by atoms with Gasteiger partial charge in [0.25, 0.3) is 0 Å². The summed E-state index contributed by atoms with van der Waals surface area (Å²) in [6.07, 6.45) is 5.65. The molecule has 0 saturated heterocycles. The summed E-state index contributed by atoms with van der Waals surface area (Å²) in [6.45, 7) is 9.53. The molecule has 3 rings (SSSR count). The van der Waals surface area contributed by atoms with Crippen molar-refractivity contribution in [2.75, 3.05) is 0 Å². The molecule has 0 bridgehead atoms. The van der Waals surface area contributed by atoms with Crippen LogP contribution in [0.25, 0.3) is 0 Å². The lowest BCUT2D eigenvalue weighted by atomic mass is 10.0. The van der Waals surface area contributed by atoms with Gasteiger partial charge in [0.2, 0.25) is 0 Å². The Morgan fingerprint density at radius 2 is 1.75 bits per heavy atom. The minimum absolute atomic E-state index is 0.222. The lowest BCUT2D eigenvalue weighted by molar-refractivity contribution is -0.732.